The predicted octanol–water partition coefficient (Wildman–Crippen LogP) is -1.94. The van der Waals surface area contributed by atoms with Crippen molar-refractivity contribution in [3.8, 4) is 0 Å². The average Bonchev–Trinajstić information content (AvgIpc) is 1.64. The Morgan fingerprint density at radius 2 is 1.62 bits per heavy atom. The van der Waals surface area contributed by atoms with Gasteiger partial charge in [0.15, 0.2) is 0 Å². The van der Waals surface area contributed by atoms with E-state index in [1.807, 2.05) is 0 Å². The lowest BCUT2D eigenvalue weighted by Gasteiger charge is -1.90. The van der Waals surface area contributed by atoms with E-state index in [1.165, 1.54) is 12.4 Å². The highest BCUT2D eigenvalue weighted by Gasteiger charge is 1.82. The van der Waals surface area contributed by atoms with Gasteiger partial charge < -0.3 is 0 Å². The molecule has 0 aromatic carbocycles. The van der Waals surface area contributed by atoms with Crippen molar-refractivity contribution in [2.45, 2.75) is 0 Å². The summed E-state index contributed by atoms with van der Waals surface area (Å²) in [6.07, 6.45) is 1.32. The summed E-state index contributed by atoms with van der Waals surface area (Å²) in [5, 5.41) is 0. The molecule has 4 heteroatoms. The van der Waals surface area contributed by atoms with Crippen LogP contribution in [-0.2, 0) is 0 Å². The molecular weight excluding hydrogens is 97.7 g/mol. The second kappa shape index (κ2) is 1.99. The summed E-state index contributed by atoms with van der Waals surface area (Å²) < 4.78 is 0. The lowest BCUT2D eigenvalue weighted by molar-refractivity contribution is 1.23. The summed E-state index contributed by atoms with van der Waals surface area (Å²) in [5.74, 6) is 0. The van der Waals surface area contributed by atoms with Gasteiger partial charge >= 0.3 is 0 Å². The SMILES string of the molecule is [B]c1cc([B])ncn1. The molecule has 1 heterocycles. The largest absolute Gasteiger partial charge is 0.253 e. The molecular formula is C4H2B2N2. The summed E-state index contributed by atoms with van der Waals surface area (Å²) in [6.45, 7) is 0. The van der Waals surface area contributed by atoms with Crippen molar-refractivity contribution in [3.63, 3.8) is 0 Å². The van der Waals surface area contributed by atoms with Crippen LogP contribution in [0.25, 0.3) is 0 Å². The Kier molecular flexibility index (Phi) is 1.33. The molecule has 0 amide bonds. The minimum atomic E-state index is 0.400. The molecule has 0 fully saturated rings. The van der Waals surface area contributed by atoms with E-state index in [1.54, 1.807) is 0 Å². The van der Waals surface area contributed by atoms with E-state index < -0.39 is 0 Å². The van der Waals surface area contributed by atoms with Gasteiger partial charge in [-0.05, 0) is 17.3 Å². The van der Waals surface area contributed by atoms with Gasteiger partial charge in [0.25, 0.3) is 0 Å². The Bertz CT molecular complexity index is 172. The van der Waals surface area contributed by atoms with E-state index in [9.17, 15) is 0 Å². The van der Waals surface area contributed by atoms with Crippen molar-refractivity contribution in [2.24, 2.45) is 0 Å². The maximum absolute atomic E-state index is 5.23. The maximum Gasteiger partial charge on any atom is 0.141 e. The number of nitrogens with zero attached hydrogens (tertiary/aromatic N) is 2. The minimum absolute atomic E-state index is 0.400. The van der Waals surface area contributed by atoms with Crippen LogP contribution in [0.5, 0.6) is 0 Å². The summed E-state index contributed by atoms with van der Waals surface area (Å²) in [4.78, 5) is 7.25. The minimum Gasteiger partial charge on any atom is -0.253 e. The Morgan fingerprint density at radius 1 is 1.12 bits per heavy atom. The summed E-state index contributed by atoms with van der Waals surface area (Å²) in [7, 11) is 10.5. The fourth-order valence-corrected chi connectivity index (χ4v) is 0.388. The van der Waals surface area contributed by atoms with Crippen molar-refractivity contribution in [1.29, 1.82) is 0 Å². The van der Waals surface area contributed by atoms with Crippen LogP contribution >= 0.6 is 0 Å². The Balaban J connectivity index is 3.08. The van der Waals surface area contributed by atoms with Crippen LogP contribution in [0.15, 0.2) is 12.4 Å². The monoisotopic (exact) mass is 100 g/mol. The van der Waals surface area contributed by atoms with Gasteiger partial charge in [-0.2, -0.15) is 0 Å². The van der Waals surface area contributed by atoms with Crippen molar-refractivity contribution in [3.05, 3.63) is 12.4 Å². The average molecular weight is 99.7 g/mol. The third-order valence-electron chi connectivity index (χ3n) is 0.709. The molecule has 1 aromatic heterocycles. The van der Waals surface area contributed by atoms with Gasteiger partial charge in [-0.1, -0.05) is 0 Å². The van der Waals surface area contributed by atoms with E-state index in [0.29, 0.717) is 11.2 Å². The van der Waals surface area contributed by atoms with Gasteiger partial charge in [0.05, 0.1) is 0 Å². The van der Waals surface area contributed by atoms with Gasteiger partial charge in [-0.25, -0.2) is 0 Å². The van der Waals surface area contributed by atoms with Crippen LogP contribution in [-0.4, -0.2) is 25.7 Å². The third-order valence-corrected chi connectivity index (χ3v) is 0.709. The van der Waals surface area contributed by atoms with Crippen molar-refractivity contribution < 1.29 is 0 Å². The molecule has 2 nitrogen and oxygen atoms in total. The van der Waals surface area contributed by atoms with E-state index in [0.717, 1.165) is 0 Å². The van der Waals surface area contributed by atoms with Crippen LogP contribution in [0.2, 0.25) is 0 Å². The van der Waals surface area contributed by atoms with Gasteiger partial charge in [0.2, 0.25) is 0 Å². The number of hydrogen-bond donors (Lipinski definition) is 0. The topological polar surface area (TPSA) is 25.8 Å². The molecule has 1 aromatic rings. The summed E-state index contributed by atoms with van der Waals surface area (Å²) >= 11 is 0. The third kappa shape index (κ3) is 1.09. The molecule has 0 saturated carbocycles. The van der Waals surface area contributed by atoms with Crippen molar-refractivity contribution in [1.82, 2.24) is 9.97 Å². The lowest BCUT2D eigenvalue weighted by atomic mass is 9.97. The molecule has 0 bridgehead atoms. The maximum atomic E-state index is 5.23. The second-order valence-corrected chi connectivity index (χ2v) is 1.37. The van der Waals surface area contributed by atoms with Gasteiger partial charge in [-0.3, -0.25) is 9.97 Å². The Morgan fingerprint density at radius 3 is 1.88 bits per heavy atom. The highest BCUT2D eigenvalue weighted by Crippen LogP contribution is 1.59. The van der Waals surface area contributed by atoms with E-state index in [2.05, 4.69) is 9.97 Å². The molecule has 34 valence electrons. The fraction of sp³-hybridized carbons (Fsp3) is 0. The van der Waals surface area contributed by atoms with Gasteiger partial charge in [-0.15, -0.1) is 0 Å². The normalized spacial score (nSPS) is 9.00. The highest BCUT2D eigenvalue weighted by molar-refractivity contribution is 6.35. The van der Waals surface area contributed by atoms with E-state index >= 15 is 0 Å². The predicted molar refractivity (Wildman–Crippen MR) is 32.8 cm³/mol. The van der Waals surface area contributed by atoms with Crippen LogP contribution in [0, 0.1) is 0 Å². The van der Waals surface area contributed by atoms with E-state index in [4.69, 9.17) is 15.7 Å². The molecule has 0 unspecified atom stereocenters. The first-order valence-electron chi connectivity index (χ1n) is 2.12. The van der Waals surface area contributed by atoms with Gasteiger partial charge in [0, 0.05) is 0 Å². The quantitative estimate of drug-likeness (QED) is 0.354. The first kappa shape index (κ1) is 5.35. The van der Waals surface area contributed by atoms with Crippen molar-refractivity contribution in [2.75, 3.05) is 0 Å². The molecule has 0 aliphatic heterocycles. The van der Waals surface area contributed by atoms with E-state index in [-0.39, 0.29) is 0 Å². The van der Waals surface area contributed by atoms with Crippen LogP contribution in [0.4, 0.5) is 0 Å². The van der Waals surface area contributed by atoms with Crippen LogP contribution in [0.1, 0.15) is 0 Å². The standard InChI is InChI=1S/C4H2B2N2/c5-3-1-4(6)8-2-7-3/h1-2H. The molecule has 8 heavy (non-hydrogen) atoms. The lowest BCUT2D eigenvalue weighted by Crippen LogP contribution is -2.18. The first-order valence-corrected chi connectivity index (χ1v) is 2.12. The number of hydrogen-bond acceptors (Lipinski definition) is 2. The molecule has 0 spiro atoms. The fourth-order valence-electron chi connectivity index (χ4n) is 0.388. The molecule has 0 aliphatic carbocycles. The first-order chi connectivity index (χ1) is 3.79. The van der Waals surface area contributed by atoms with Gasteiger partial charge in [0.1, 0.15) is 22.0 Å². The Labute approximate surface area is 50.2 Å². The number of aromatic nitrogens is 2. The molecule has 0 saturated heterocycles. The molecule has 0 atom stereocenters. The van der Waals surface area contributed by atoms with Crippen LogP contribution < -0.4 is 11.2 Å². The second-order valence-electron chi connectivity index (χ2n) is 1.37. The molecule has 0 aliphatic rings. The number of rotatable bonds is 0. The summed E-state index contributed by atoms with van der Waals surface area (Å²) in [6, 6.07) is 1.50. The summed E-state index contributed by atoms with van der Waals surface area (Å²) in [5.41, 5.74) is 0.801. The highest BCUT2D eigenvalue weighted by atomic mass is 14.8. The molecule has 0 N–H and O–H groups in total. The molecule has 1 rings (SSSR count). The molecule has 4 radical (unpaired) electrons. The van der Waals surface area contributed by atoms with Crippen LogP contribution in [0.3, 0.4) is 0 Å². The van der Waals surface area contributed by atoms with Crippen molar-refractivity contribution >= 4 is 26.9 Å². The zero-order valence-corrected chi connectivity index (χ0v) is 4.20. The smallest absolute Gasteiger partial charge is 0.141 e. The Hall–Kier alpha value is -0.790. The zero-order chi connectivity index (χ0) is 5.98. The zero-order valence-electron chi connectivity index (χ0n) is 4.20.